The molecule has 1 saturated carbocycles. The number of rotatable bonds is 1. The van der Waals surface area contributed by atoms with Gasteiger partial charge in [0.15, 0.2) is 0 Å². The highest BCUT2D eigenvalue weighted by molar-refractivity contribution is 5.80. The second-order valence-corrected chi connectivity index (χ2v) is 4.71. The number of fused-ring (bicyclic) bond motifs is 1. The zero-order chi connectivity index (χ0) is 11.8. The molecule has 1 heterocycles. The Kier molecular flexibility index (Phi) is 2.46. The van der Waals surface area contributed by atoms with Gasteiger partial charge in [-0.25, -0.2) is 9.37 Å². The zero-order valence-electron chi connectivity index (χ0n) is 9.49. The fourth-order valence-electron chi connectivity index (χ4n) is 2.65. The molecule has 0 aliphatic heterocycles. The van der Waals surface area contributed by atoms with Crippen molar-refractivity contribution < 1.29 is 9.50 Å². The van der Waals surface area contributed by atoms with Gasteiger partial charge in [-0.1, -0.05) is 12.8 Å². The number of nitrogens with zero attached hydrogens (tertiary/aromatic N) is 1. The first-order chi connectivity index (χ1) is 8.24. The maximum Gasteiger partial charge on any atom is 0.138 e. The van der Waals surface area contributed by atoms with Gasteiger partial charge in [-0.3, -0.25) is 0 Å². The van der Waals surface area contributed by atoms with Crippen LogP contribution in [0.4, 0.5) is 4.39 Å². The molecule has 1 aliphatic rings. The molecule has 0 spiro atoms. The predicted molar refractivity (Wildman–Crippen MR) is 64.6 cm³/mol. The van der Waals surface area contributed by atoms with Crippen molar-refractivity contribution in [3.05, 3.63) is 35.8 Å². The Bertz CT molecular complexity index is 561. The smallest absolute Gasteiger partial charge is 0.138 e. The number of hydrogen-bond acceptors (Lipinski definition) is 2. The highest BCUT2D eigenvalue weighted by Crippen LogP contribution is 2.38. The van der Waals surface area contributed by atoms with Gasteiger partial charge >= 0.3 is 0 Å². The summed E-state index contributed by atoms with van der Waals surface area (Å²) in [6.07, 6.45) is 4.58. The van der Waals surface area contributed by atoms with E-state index in [2.05, 4.69) is 4.98 Å². The maximum absolute atomic E-state index is 13.1. The van der Waals surface area contributed by atoms with E-state index >= 15 is 0 Å². The Balaban J connectivity index is 2.13. The van der Waals surface area contributed by atoms with Crippen molar-refractivity contribution in [2.45, 2.75) is 31.6 Å². The molecule has 3 rings (SSSR count). The first-order valence-corrected chi connectivity index (χ1v) is 6.03. The van der Waals surface area contributed by atoms with Crippen LogP contribution in [0.2, 0.25) is 0 Å². The Morgan fingerprint density at radius 3 is 2.71 bits per heavy atom. The molecule has 0 amide bonds. The molecule has 2 nitrogen and oxygen atoms in total. The number of pyridine rings is 1. The number of hydrogen-bond donors (Lipinski definition) is 1. The Hall–Kier alpha value is -1.64. The van der Waals surface area contributed by atoms with E-state index in [0.29, 0.717) is 11.3 Å². The van der Waals surface area contributed by atoms with Crippen LogP contribution in [0.1, 0.15) is 37.3 Å². The van der Waals surface area contributed by atoms with Crippen molar-refractivity contribution >= 4 is 10.9 Å². The normalized spacial score (nSPS) is 16.8. The molecule has 1 N–H and O–H groups in total. The third-order valence-corrected chi connectivity index (χ3v) is 3.53. The van der Waals surface area contributed by atoms with Crippen LogP contribution in [0.25, 0.3) is 10.9 Å². The summed E-state index contributed by atoms with van der Waals surface area (Å²) in [5.41, 5.74) is 1.53. The van der Waals surface area contributed by atoms with E-state index in [9.17, 15) is 9.50 Å². The van der Waals surface area contributed by atoms with Gasteiger partial charge in [-0.15, -0.1) is 0 Å². The summed E-state index contributed by atoms with van der Waals surface area (Å²) >= 11 is 0. The van der Waals surface area contributed by atoms with E-state index in [1.54, 1.807) is 12.1 Å². The van der Waals surface area contributed by atoms with Gasteiger partial charge in [0.05, 0.1) is 11.2 Å². The van der Waals surface area contributed by atoms with Crippen LogP contribution in [0.5, 0.6) is 5.75 Å². The molecule has 0 atom stereocenters. The third kappa shape index (κ3) is 1.86. The van der Waals surface area contributed by atoms with E-state index in [0.717, 1.165) is 24.1 Å². The molecule has 1 fully saturated rings. The van der Waals surface area contributed by atoms with Gasteiger partial charge in [0.2, 0.25) is 0 Å². The monoisotopic (exact) mass is 231 g/mol. The van der Waals surface area contributed by atoms with Gasteiger partial charge < -0.3 is 5.11 Å². The zero-order valence-corrected chi connectivity index (χ0v) is 9.49. The Morgan fingerprint density at radius 1 is 1.18 bits per heavy atom. The summed E-state index contributed by atoms with van der Waals surface area (Å²) < 4.78 is 13.1. The quantitative estimate of drug-likeness (QED) is 0.811. The van der Waals surface area contributed by atoms with Gasteiger partial charge in [0, 0.05) is 11.3 Å². The minimum absolute atomic E-state index is 0.204. The summed E-state index contributed by atoms with van der Waals surface area (Å²) in [7, 11) is 0. The minimum Gasteiger partial charge on any atom is -0.506 e. The van der Waals surface area contributed by atoms with Gasteiger partial charge in [0.25, 0.3) is 0 Å². The summed E-state index contributed by atoms with van der Waals surface area (Å²) in [5, 5.41) is 10.6. The summed E-state index contributed by atoms with van der Waals surface area (Å²) in [6, 6.07) is 6.10. The van der Waals surface area contributed by atoms with E-state index in [1.807, 2.05) is 0 Å². The molecule has 3 heteroatoms. The second-order valence-electron chi connectivity index (χ2n) is 4.71. The predicted octanol–water partition coefficient (Wildman–Crippen LogP) is 3.74. The molecule has 17 heavy (non-hydrogen) atoms. The standard InChI is InChI=1S/C14H14FNO/c15-11-5-6-12-10(7-11)8-13(17)14(16-12)9-3-1-2-4-9/h5-9,17H,1-4H2. The van der Waals surface area contributed by atoms with Crippen molar-refractivity contribution in [1.82, 2.24) is 4.98 Å². The molecule has 0 bridgehead atoms. The molecule has 1 aromatic heterocycles. The lowest BCUT2D eigenvalue weighted by Crippen LogP contribution is -1.97. The van der Waals surface area contributed by atoms with E-state index in [-0.39, 0.29) is 11.6 Å². The minimum atomic E-state index is -0.299. The summed E-state index contributed by atoms with van der Waals surface area (Å²) in [5.74, 6) is 0.270. The molecular formula is C14H14FNO. The molecule has 0 radical (unpaired) electrons. The SMILES string of the molecule is Oc1cc2cc(F)ccc2nc1C1CCCC1. The second kappa shape index (κ2) is 3.99. The highest BCUT2D eigenvalue weighted by atomic mass is 19.1. The number of halogens is 1. The van der Waals surface area contributed by atoms with Crippen LogP contribution >= 0.6 is 0 Å². The molecular weight excluding hydrogens is 217 g/mol. The average molecular weight is 231 g/mol. The highest BCUT2D eigenvalue weighted by Gasteiger charge is 2.21. The van der Waals surface area contributed by atoms with Gasteiger partial charge in [0.1, 0.15) is 11.6 Å². The first kappa shape index (κ1) is 10.5. The van der Waals surface area contributed by atoms with Crippen molar-refractivity contribution in [3.63, 3.8) is 0 Å². The van der Waals surface area contributed by atoms with E-state index in [1.165, 1.54) is 25.0 Å². The van der Waals surface area contributed by atoms with Gasteiger partial charge in [-0.2, -0.15) is 0 Å². The lowest BCUT2D eigenvalue weighted by atomic mass is 10.0. The number of aromatic nitrogens is 1. The fraction of sp³-hybridized carbons (Fsp3) is 0.357. The largest absolute Gasteiger partial charge is 0.506 e. The van der Waals surface area contributed by atoms with E-state index < -0.39 is 0 Å². The van der Waals surface area contributed by atoms with Gasteiger partial charge in [-0.05, 0) is 37.1 Å². The van der Waals surface area contributed by atoms with Crippen LogP contribution in [-0.4, -0.2) is 10.1 Å². The lowest BCUT2D eigenvalue weighted by Gasteiger charge is -2.11. The van der Waals surface area contributed by atoms with Crippen LogP contribution in [-0.2, 0) is 0 Å². The van der Waals surface area contributed by atoms with Crippen molar-refractivity contribution in [2.75, 3.05) is 0 Å². The summed E-state index contributed by atoms with van der Waals surface area (Å²) in [6.45, 7) is 0. The molecule has 0 unspecified atom stereocenters. The third-order valence-electron chi connectivity index (χ3n) is 3.53. The number of benzene rings is 1. The maximum atomic E-state index is 13.1. The lowest BCUT2D eigenvalue weighted by molar-refractivity contribution is 0.457. The fourth-order valence-corrected chi connectivity index (χ4v) is 2.65. The molecule has 0 saturated heterocycles. The van der Waals surface area contributed by atoms with E-state index in [4.69, 9.17) is 0 Å². The average Bonchev–Trinajstić information content (AvgIpc) is 2.81. The molecule has 88 valence electrons. The topological polar surface area (TPSA) is 33.1 Å². The van der Waals surface area contributed by atoms with Crippen LogP contribution in [0.3, 0.4) is 0 Å². The van der Waals surface area contributed by atoms with Crippen molar-refractivity contribution in [3.8, 4) is 5.75 Å². The first-order valence-electron chi connectivity index (χ1n) is 6.03. The number of aromatic hydroxyl groups is 1. The molecule has 1 aromatic carbocycles. The van der Waals surface area contributed by atoms with Crippen LogP contribution < -0.4 is 0 Å². The van der Waals surface area contributed by atoms with Crippen LogP contribution in [0.15, 0.2) is 24.3 Å². The molecule has 2 aromatic rings. The van der Waals surface area contributed by atoms with Crippen LogP contribution in [0, 0.1) is 5.82 Å². The molecule has 1 aliphatic carbocycles. The summed E-state index contributed by atoms with van der Waals surface area (Å²) in [4.78, 5) is 4.48. The Morgan fingerprint density at radius 2 is 1.94 bits per heavy atom. The van der Waals surface area contributed by atoms with Crippen molar-refractivity contribution in [2.24, 2.45) is 0 Å². The van der Waals surface area contributed by atoms with Crippen molar-refractivity contribution in [1.29, 1.82) is 0 Å². The Labute approximate surface area is 99.1 Å².